The average molecular weight is 410 g/mol. The lowest BCUT2D eigenvalue weighted by molar-refractivity contribution is -0.148. The van der Waals surface area contributed by atoms with E-state index >= 15 is 0 Å². The zero-order valence-electron chi connectivity index (χ0n) is 13.9. The largest absolute Gasteiger partial charge is 0.465 e. The maximum absolute atomic E-state index is 13.0. The third-order valence-electron chi connectivity index (χ3n) is 3.93. The van der Waals surface area contributed by atoms with Gasteiger partial charge in [0.15, 0.2) is 9.84 Å². The summed E-state index contributed by atoms with van der Waals surface area (Å²) in [7, 11) is -7.76. The lowest BCUT2D eigenvalue weighted by Crippen LogP contribution is -2.48. The maximum Gasteiger partial charge on any atom is 0.324 e. The molecule has 0 saturated carbocycles. The van der Waals surface area contributed by atoms with Crippen molar-refractivity contribution in [3.63, 3.8) is 0 Å². The highest BCUT2D eigenvalue weighted by Gasteiger charge is 2.39. The Balaban J connectivity index is 2.51. The van der Waals surface area contributed by atoms with E-state index < -0.39 is 31.9 Å². The summed E-state index contributed by atoms with van der Waals surface area (Å²) in [5.41, 5.74) is 0. The Morgan fingerprint density at radius 3 is 2.56 bits per heavy atom. The Hall–Kier alpha value is -1.16. The maximum atomic E-state index is 13.0. The SMILES string of the molecule is CCOC(=O)C1CCCCN1S(=O)(=O)c1cc(S(C)(=O)=O)ccc1Cl. The van der Waals surface area contributed by atoms with Crippen LogP contribution in [0.3, 0.4) is 0 Å². The number of nitrogens with zero attached hydrogens (tertiary/aromatic N) is 1. The molecule has 1 unspecified atom stereocenters. The molecule has 1 atom stereocenters. The van der Waals surface area contributed by atoms with Crippen LogP contribution in [0, 0.1) is 0 Å². The molecule has 1 aliphatic heterocycles. The van der Waals surface area contributed by atoms with E-state index in [1.807, 2.05) is 0 Å². The van der Waals surface area contributed by atoms with Crippen LogP contribution in [-0.2, 0) is 29.4 Å². The van der Waals surface area contributed by atoms with Crippen molar-refractivity contribution in [3.05, 3.63) is 23.2 Å². The Labute approximate surface area is 152 Å². The first kappa shape index (κ1) is 20.2. The van der Waals surface area contributed by atoms with Crippen LogP contribution < -0.4 is 0 Å². The first-order valence-corrected chi connectivity index (χ1v) is 11.5. The number of rotatable bonds is 5. The van der Waals surface area contributed by atoms with Gasteiger partial charge in [0.25, 0.3) is 0 Å². The van der Waals surface area contributed by atoms with Gasteiger partial charge in [-0.05, 0) is 44.4 Å². The highest BCUT2D eigenvalue weighted by atomic mass is 35.5. The third kappa shape index (κ3) is 4.33. The van der Waals surface area contributed by atoms with Gasteiger partial charge in [-0.25, -0.2) is 16.8 Å². The molecule has 25 heavy (non-hydrogen) atoms. The fraction of sp³-hybridized carbons (Fsp3) is 0.533. The van der Waals surface area contributed by atoms with E-state index in [9.17, 15) is 21.6 Å². The second-order valence-corrected chi connectivity index (χ2v) is 10.0. The van der Waals surface area contributed by atoms with Gasteiger partial charge in [0.2, 0.25) is 10.0 Å². The summed E-state index contributed by atoms with van der Waals surface area (Å²) in [6, 6.07) is 2.57. The van der Waals surface area contributed by atoms with Crippen molar-refractivity contribution in [2.24, 2.45) is 0 Å². The molecule has 1 aromatic rings. The molecule has 0 spiro atoms. The van der Waals surface area contributed by atoms with Crippen LogP contribution in [0.5, 0.6) is 0 Å². The van der Waals surface area contributed by atoms with Crippen molar-refractivity contribution in [2.75, 3.05) is 19.4 Å². The standard InChI is InChI=1S/C15H20ClNO6S2/c1-3-23-15(18)13-6-4-5-9-17(13)25(21,22)14-10-11(24(2,19)20)7-8-12(14)16/h7-8,10,13H,3-6,9H2,1-2H3. The average Bonchev–Trinajstić information content (AvgIpc) is 2.54. The van der Waals surface area contributed by atoms with Gasteiger partial charge >= 0.3 is 5.97 Å². The van der Waals surface area contributed by atoms with Gasteiger partial charge in [-0.1, -0.05) is 11.6 Å². The highest BCUT2D eigenvalue weighted by Crippen LogP contribution is 2.31. The smallest absolute Gasteiger partial charge is 0.324 e. The number of halogens is 1. The molecule has 1 heterocycles. The number of esters is 1. The van der Waals surface area contributed by atoms with Gasteiger partial charge in [0.1, 0.15) is 10.9 Å². The number of hydrogen-bond donors (Lipinski definition) is 0. The summed E-state index contributed by atoms with van der Waals surface area (Å²) in [4.78, 5) is 11.7. The fourth-order valence-electron chi connectivity index (χ4n) is 2.71. The first-order chi connectivity index (χ1) is 11.6. The summed E-state index contributed by atoms with van der Waals surface area (Å²) in [6.45, 7) is 1.94. The molecule has 0 aliphatic carbocycles. The van der Waals surface area contributed by atoms with Crippen molar-refractivity contribution in [1.82, 2.24) is 4.31 Å². The van der Waals surface area contributed by atoms with E-state index in [0.717, 1.165) is 16.6 Å². The normalized spacial score (nSPS) is 19.6. The number of ether oxygens (including phenoxy) is 1. The number of carbonyl (C=O) groups excluding carboxylic acids is 1. The van der Waals surface area contributed by atoms with Crippen LogP contribution >= 0.6 is 11.6 Å². The lowest BCUT2D eigenvalue weighted by Gasteiger charge is -2.33. The van der Waals surface area contributed by atoms with Gasteiger partial charge in [-0.15, -0.1) is 0 Å². The van der Waals surface area contributed by atoms with Gasteiger partial charge in [-0.3, -0.25) is 4.79 Å². The Bertz CT molecular complexity index is 866. The number of benzene rings is 1. The molecule has 0 radical (unpaired) electrons. The Morgan fingerprint density at radius 2 is 1.96 bits per heavy atom. The Morgan fingerprint density at radius 1 is 1.28 bits per heavy atom. The molecule has 10 heteroatoms. The third-order valence-corrected chi connectivity index (χ3v) is 7.43. The summed E-state index contributed by atoms with van der Waals surface area (Å²) in [6.07, 6.45) is 2.63. The second kappa shape index (κ2) is 7.61. The van der Waals surface area contributed by atoms with Crippen LogP contribution in [0.2, 0.25) is 5.02 Å². The van der Waals surface area contributed by atoms with Crippen molar-refractivity contribution in [1.29, 1.82) is 0 Å². The Kier molecular flexibility index (Phi) is 6.13. The summed E-state index contributed by atoms with van der Waals surface area (Å²) < 4.78 is 55.6. The lowest BCUT2D eigenvalue weighted by atomic mass is 10.1. The van der Waals surface area contributed by atoms with Crippen molar-refractivity contribution in [3.8, 4) is 0 Å². The van der Waals surface area contributed by atoms with Crippen LogP contribution in [0.15, 0.2) is 28.0 Å². The summed E-state index contributed by atoms with van der Waals surface area (Å²) in [5, 5.41) is -0.0967. The predicted octanol–water partition coefficient (Wildman–Crippen LogP) is 1.85. The second-order valence-electron chi connectivity index (χ2n) is 5.74. The minimum absolute atomic E-state index is 0.0967. The van der Waals surface area contributed by atoms with Crippen LogP contribution in [0.4, 0.5) is 0 Å². The van der Waals surface area contributed by atoms with Crippen LogP contribution in [0.25, 0.3) is 0 Å². The van der Waals surface area contributed by atoms with Gasteiger partial charge < -0.3 is 4.74 Å². The van der Waals surface area contributed by atoms with E-state index in [0.29, 0.717) is 19.3 Å². The molecular weight excluding hydrogens is 390 g/mol. The van der Waals surface area contributed by atoms with E-state index in [1.165, 1.54) is 12.1 Å². The van der Waals surface area contributed by atoms with Crippen LogP contribution in [0.1, 0.15) is 26.2 Å². The molecule has 140 valence electrons. The monoisotopic (exact) mass is 409 g/mol. The van der Waals surface area contributed by atoms with E-state index in [2.05, 4.69) is 0 Å². The number of sulfone groups is 1. The van der Waals surface area contributed by atoms with E-state index in [-0.39, 0.29) is 28.0 Å². The molecule has 0 amide bonds. The summed E-state index contributed by atoms with van der Waals surface area (Å²) in [5.74, 6) is -0.610. The zero-order valence-corrected chi connectivity index (χ0v) is 16.3. The van der Waals surface area contributed by atoms with E-state index in [4.69, 9.17) is 16.3 Å². The van der Waals surface area contributed by atoms with Gasteiger partial charge in [0.05, 0.1) is 16.5 Å². The number of sulfonamides is 1. The predicted molar refractivity (Wildman–Crippen MR) is 92.7 cm³/mol. The minimum atomic E-state index is -4.15. The molecule has 1 aliphatic rings. The molecule has 1 fully saturated rings. The van der Waals surface area contributed by atoms with E-state index in [1.54, 1.807) is 6.92 Å². The number of carbonyl (C=O) groups is 1. The van der Waals surface area contributed by atoms with Crippen LogP contribution in [-0.4, -0.2) is 52.6 Å². The van der Waals surface area contributed by atoms with Crippen molar-refractivity contribution in [2.45, 2.75) is 42.0 Å². The van der Waals surface area contributed by atoms with Gasteiger partial charge in [0, 0.05) is 12.8 Å². The van der Waals surface area contributed by atoms with Crippen molar-refractivity contribution >= 4 is 37.4 Å². The van der Waals surface area contributed by atoms with Crippen molar-refractivity contribution < 1.29 is 26.4 Å². The highest BCUT2D eigenvalue weighted by molar-refractivity contribution is 7.91. The first-order valence-electron chi connectivity index (χ1n) is 7.77. The molecule has 0 N–H and O–H groups in total. The molecule has 1 saturated heterocycles. The molecule has 2 rings (SSSR count). The fourth-order valence-corrected chi connectivity index (χ4v) is 5.58. The summed E-state index contributed by atoms with van der Waals surface area (Å²) >= 11 is 6.02. The quantitative estimate of drug-likeness (QED) is 0.688. The zero-order chi connectivity index (χ0) is 18.8. The molecule has 0 aromatic heterocycles. The molecular formula is C15H20ClNO6S2. The molecule has 0 bridgehead atoms. The topological polar surface area (TPSA) is 97.8 Å². The minimum Gasteiger partial charge on any atom is -0.465 e. The number of hydrogen-bond acceptors (Lipinski definition) is 6. The number of piperidine rings is 1. The molecule has 7 nitrogen and oxygen atoms in total. The van der Waals surface area contributed by atoms with Gasteiger partial charge in [-0.2, -0.15) is 4.31 Å². The molecule has 1 aromatic carbocycles.